The number of likely N-dealkylation sites (tertiary alicyclic amines) is 1. The summed E-state index contributed by atoms with van der Waals surface area (Å²) in [5, 5.41) is 22.8. The van der Waals surface area contributed by atoms with Crippen molar-refractivity contribution >= 4 is 11.6 Å². The van der Waals surface area contributed by atoms with Gasteiger partial charge in [0.1, 0.15) is 0 Å². The standard InChI is InChI=1S/C27H23N3O4/c28-13-16-2-1-3-17(10-16)18-4-6-22-21(11-18)26-20(23(14-31)29-22)8-9-30(26)27(32)19-5-7-24-25(12-19)34-15-33-24/h1-7,10-12,20,23,26,29,31H,8-9,14-15H2/t20-,23+,26-/m0/s1. The largest absolute Gasteiger partial charge is 0.454 e. The zero-order chi connectivity index (χ0) is 23.2. The van der Waals surface area contributed by atoms with E-state index in [4.69, 9.17) is 9.47 Å². The van der Waals surface area contributed by atoms with Gasteiger partial charge in [0.25, 0.3) is 5.91 Å². The molecule has 3 aliphatic heterocycles. The summed E-state index contributed by atoms with van der Waals surface area (Å²) in [6.45, 7) is 0.765. The van der Waals surface area contributed by atoms with Gasteiger partial charge >= 0.3 is 0 Å². The molecule has 0 spiro atoms. The summed E-state index contributed by atoms with van der Waals surface area (Å²) in [6, 6.07) is 20.8. The molecule has 2 N–H and O–H groups in total. The third-order valence-corrected chi connectivity index (χ3v) is 7.07. The first kappa shape index (κ1) is 20.6. The summed E-state index contributed by atoms with van der Waals surface area (Å²) in [7, 11) is 0. The van der Waals surface area contributed by atoms with Gasteiger partial charge in [0.2, 0.25) is 6.79 Å². The van der Waals surface area contributed by atoms with Crippen LogP contribution in [0.1, 0.15) is 33.9 Å². The number of nitriles is 1. The summed E-state index contributed by atoms with van der Waals surface area (Å²) >= 11 is 0. The Hall–Kier alpha value is -4.02. The number of nitrogens with one attached hydrogen (secondary N) is 1. The van der Waals surface area contributed by atoms with E-state index < -0.39 is 0 Å². The zero-order valence-electron chi connectivity index (χ0n) is 18.4. The van der Waals surface area contributed by atoms with Crippen LogP contribution in [0.3, 0.4) is 0 Å². The summed E-state index contributed by atoms with van der Waals surface area (Å²) in [5.74, 6) is 1.26. The quantitative estimate of drug-likeness (QED) is 0.624. The Morgan fingerprint density at radius 2 is 1.94 bits per heavy atom. The third-order valence-electron chi connectivity index (χ3n) is 7.07. The van der Waals surface area contributed by atoms with Gasteiger partial charge in [-0.15, -0.1) is 0 Å². The summed E-state index contributed by atoms with van der Waals surface area (Å²) < 4.78 is 10.9. The summed E-state index contributed by atoms with van der Waals surface area (Å²) in [4.78, 5) is 15.6. The molecule has 1 fully saturated rings. The number of anilines is 1. The number of fused-ring (bicyclic) bond motifs is 4. The van der Waals surface area contributed by atoms with E-state index in [1.165, 1.54) is 0 Å². The number of carbonyl (C=O) groups is 1. The second-order valence-corrected chi connectivity index (χ2v) is 8.89. The Morgan fingerprint density at radius 1 is 1.09 bits per heavy atom. The number of rotatable bonds is 3. The van der Waals surface area contributed by atoms with Crippen LogP contribution < -0.4 is 14.8 Å². The molecule has 1 amide bonds. The highest BCUT2D eigenvalue weighted by atomic mass is 16.7. The molecule has 3 atom stereocenters. The molecule has 3 aliphatic rings. The average molecular weight is 453 g/mol. The number of hydrogen-bond acceptors (Lipinski definition) is 6. The van der Waals surface area contributed by atoms with Crippen molar-refractivity contribution in [3.8, 4) is 28.7 Å². The zero-order valence-corrected chi connectivity index (χ0v) is 18.4. The van der Waals surface area contributed by atoms with Crippen LogP contribution in [0.2, 0.25) is 0 Å². The molecule has 7 nitrogen and oxygen atoms in total. The Kier molecular flexibility index (Phi) is 4.89. The Morgan fingerprint density at radius 3 is 2.79 bits per heavy atom. The lowest BCUT2D eigenvalue weighted by Gasteiger charge is -2.39. The maximum atomic E-state index is 13.7. The third kappa shape index (κ3) is 3.27. The van der Waals surface area contributed by atoms with Gasteiger partial charge in [-0.1, -0.05) is 18.2 Å². The predicted molar refractivity (Wildman–Crippen MR) is 126 cm³/mol. The lowest BCUT2D eigenvalue weighted by atomic mass is 9.82. The van der Waals surface area contributed by atoms with Gasteiger partial charge in [0, 0.05) is 23.7 Å². The molecule has 1 saturated heterocycles. The first-order chi connectivity index (χ1) is 16.7. The van der Waals surface area contributed by atoms with Crippen LogP contribution in [0.5, 0.6) is 11.5 Å². The Bertz CT molecular complexity index is 1330. The predicted octanol–water partition coefficient (Wildman–Crippen LogP) is 3.94. The minimum atomic E-state index is -0.162. The van der Waals surface area contributed by atoms with E-state index >= 15 is 0 Å². The highest BCUT2D eigenvalue weighted by Crippen LogP contribution is 2.48. The minimum Gasteiger partial charge on any atom is -0.454 e. The average Bonchev–Trinajstić information content (AvgIpc) is 3.54. The van der Waals surface area contributed by atoms with Gasteiger partial charge in [0.05, 0.1) is 30.3 Å². The van der Waals surface area contributed by atoms with E-state index in [9.17, 15) is 15.2 Å². The van der Waals surface area contributed by atoms with Crippen LogP contribution in [-0.4, -0.2) is 41.9 Å². The Labute approximate surface area is 197 Å². The molecule has 0 bridgehead atoms. The summed E-state index contributed by atoms with van der Waals surface area (Å²) in [6.07, 6.45) is 0.798. The number of carbonyl (C=O) groups excluding carboxylic acids is 1. The van der Waals surface area contributed by atoms with E-state index in [1.807, 2.05) is 35.2 Å². The van der Waals surface area contributed by atoms with Crippen LogP contribution in [0, 0.1) is 17.2 Å². The van der Waals surface area contributed by atoms with Crippen LogP contribution in [0.4, 0.5) is 5.69 Å². The van der Waals surface area contributed by atoms with Crippen LogP contribution in [-0.2, 0) is 0 Å². The number of aliphatic hydroxyl groups excluding tert-OH is 1. The Balaban J connectivity index is 1.40. The maximum absolute atomic E-state index is 13.7. The molecular weight excluding hydrogens is 430 g/mol. The number of benzene rings is 3. The number of aliphatic hydroxyl groups is 1. The first-order valence-electron chi connectivity index (χ1n) is 11.4. The molecule has 3 aromatic rings. The minimum absolute atomic E-state index is 0.00136. The highest BCUT2D eigenvalue weighted by Gasteiger charge is 2.46. The normalized spacial score (nSPS) is 21.9. The van der Waals surface area contributed by atoms with Gasteiger partial charge in [-0.2, -0.15) is 5.26 Å². The van der Waals surface area contributed by atoms with E-state index in [0.717, 1.165) is 28.8 Å². The second-order valence-electron chi connectivity index (χ2n) is 8.89. The molecule has 0 saturated carbocycles. The van der Waals surface area contributed by atoms with Crippen molar-refractivity contribution < 1.29 is 19.4 Å². The molecule has 3 heterocycles. The lowest BCUT2D eigenvalue weighted by molar-refractivity contribution is 0.0700. The van der Waals surface area contributed by atoms with Crippen molar-refractivity contribution in [3.05, 3.63) is 77.4 Å². The van der Waals surface area contributed by atoms with E-state index in [0.29, 0.717) is 29.2 Å². The SMILES string of the molecule is N#Cc1cccc(-c2ccc3c(c2)[C@@H]2[C@@H](CCN2C(=O)c2ccc4c(c2)OCO4)[C@@H](CO)N3)c1. The molecule has 7 heteroatoms. The summed E-state index contributed by atoms with van der Waals surface area (Å²) in [5.41, 5.74) is 5.05. The molecule has 0 radical (unpaired) electrons. The van der Waals surface area contributed by atoms with Gasteiger partial charge in [0.15, 0.2) is 11.5 Å². The van der Waals surface area contributed by atoms with Crippen molar-refractivity contribution in [1.82, 2.24) is 4.90 Å². The van der Waals surface area contributed by atoms with Crippen LogP contribution in [0.25, 0.3) is 11.1 Å². The van der Waals surface area contributed by atoms with Crippen molar-refractivity contribution in [2.45, 2.75) is 18.5 Å². The number of ether oxygens (including phenoxy) is 2. The fraction of sp³-hybridized carbons (Fsp3) is 0.259. The maximum Gasteiger partial charge on any atom is 0.254 e. The van der Waals surface area contributed by atoms with Crippen LogP contribution in [0.15, 0.2) is 60.7 Å². The van der Waals surface area contributed by atoms with Gasteiger partial charge in [-0.3, -0.25) is 4.79 Å². The van der Waals surface area contributed by atoms with Crippen molar-refractivity contribution in [1.29, 1.82) is 5.26 Å². The second kappa shape index (κ2) is 8.08. The van der Waals surface area contributed by atoms with Crippen molar-refractivity contribution in [2.75, 3.05) is 25.3 Å². The lowest BCUT2D eigenvalue weighted by Crippen LogP contribution is -2.42. The van der Waals surface area contributed by atoms with E-state index in [-0.39, 0.29) is 37.3 Å². The first-order valence-corrected chi connectivity index (χ1v) is 11.4. The topological polar surface area (TPSA) is 94.8 Å². The molecule has 0 aliphatic carbocycles. The molecule has 6 rings (SSSR count). The highest BCUT2D eigenvalue weighted by molar-refractivity contribution is 5.95. The molecular formula is C27H23N3O4. The molecule has 0 unspecified atom stereocenters. The van der Waals surface area contributed by atoms with Gasteiger partial charge < -0.3 is 24.8 Å². The smallest absolute Gasteiger partial charge is 0.254 e. The molecule has 0 aromatic heterocycles. The van der Waals surface area contributed by atoms with E-state index in [2.05, 4.69) is 17.5 Å². The molecule has 3 aromatic carbocycles. The monoisotopic (exact) mass is 453 g/mol. The number of amides is 1. The van der Waals surface area contributed by atoms with Gasteiger partial charge in [-0.05, 0) is 65.6 Å². The molecule has 170 valence electrons. The van der Waals surface area contributed by atoms with Crippen molar-refractivity contribution in [3.63, 3.8) is 0 Å². The van der Waals surface area contributed by atoms with E-state index in [1.54, 1.807) is 24.3 Å². The fourth-order valence-electron chi connectivity index (χ4n) is 5.43. The van der Waals surface area contributed by atoms with Crippen molar-refractivity contribution in [2.24, 2.45) is 5.92 Å². The number of nitrogens with zero attached hydrogens (tertiary/aromatic N) is 2. The van der Waals surface area contributed by atoms with Gasteiger partial charge in [-0.25, -0.2) is 0 Å². The van der Waals surface area contributed by atoms with Crippen LogP contribution >= 0.6 is 0 Å². The molecule has 34 heavy (non-hydrogen) atoms. The fourth-order valence-corrected chi connectivity index (χ4v) is 5.43. The number of hydrogen-bond donors (Lipinski definition) is 2.